The minimum absolute atomic E-state index is 0.0909. The van der Waals surface area contributed by atoms with E-state index in [0.717, 1.165) is 77.3 Å². The molecule has 1 aliphatic carbocycles. The zero-order valence-electron chi connectivity index (χ0n) is 40.7. The van der Waals surface area contributed by atoms with Crippen LogP contribution in [0.25, 0.3) is 111 Å². The standard InChI is InChI=1S/C66H53N5/c1-42-41-65(2,3)56-39-34-50(40-57(56)66(42,4)5)47-32-35-51(36-33-47)70-58-22-14-12-20-52(58)54-37-38-55-53-21-13-15-23-59(53)71(61(55)60(54)70)64-68-62(48-28-24-45(25-29-48)43-16-8-6-9-17-43)67-63(69-64)49-30-26-46(27-31-49)44-18-10-7-11-19-44/h6-40,42H,41H2,1-5H3. The second kappa shape index (κ2) is 16.4. The van der Waals surface area contributed by atoms with Gasteiger partial charge in [0.25, 0.3) is 0 Å². The Hall–Kier alpha value is -8.41. The van der Waals surface area contributed by atoms with E-state index in [4.69, 9.17) is 15.0 Å². The van der Waals surface area contributed by atoms with Crippen LogP contribution < -0.4 is 0 Å². The third-order valence-electron chi connectivity index (χ3n) is 15.7. The summed E-state index contributed by atoms with van der Waals surface area (Å²) >= 11 is 0. The van der Waals surface area contributed by atoms with Crippen LogP contribution in [0.4, 0.5) is 0 Å². The number of hydrogen-bond acceptors (Lipinski definition) is 3. The lowest BCUT2D eigenvalue weighted by Gasteiger charge is -2.46. The van der Waals surface area contributed by atoms with E-state index in [0.29, 0.717) is 23.5 Å². The van der Waals surface area contributed by atoms with Gasteiger partial charge >= 0.3 is 0 Å². The second-order valence-electron chi connectivity index (χ2n) is 20.8. The highest BCUT2D eigenvalue weighted by Crippen LogP contribution is 2.50. The molecule has 3 heterocycles. The molecule has 1 unspecified atom stereocenters. The lowest BCUT2D eigenvalue weighted by Crippen LogP contribution is -2.40. The number of hydrogen-bond donors (Lipinski definition) is 0. The van der Waals surface area contributed by atoms with Crippen LogP contribution in [0.5, 0.6) is 0 Å². The van der Waals surface area contributed by atoms with Gasteiger partial charge < -0.3 is 4.57 Å². The Bertz CT molecular complexity index is 3890. The Morgan fingerprint density at radius 2 is 0.803 bits per heavy atom. The Kier molecular flexibility index (Phi) is 9.83. The van der Waals surface area contributed by atoms with Crippen LogP contribution in [0.3, 0.4) is 0 Å². The van der Waals surface area contributed by atoms with Gasteiger partial charge in [0.2, 0.25) is 5.95 Å². The van der Waals surface area contributed by atoms with Crippen LogP contribution in [-0.4, -0.2) is 24.1 Å². The van der Waals surface area contributed by atoms with Crippen LogP contribution in [-0.2, 0) is 10.8 Å². The SMILES string of the molecule is CC1CC(C)(C)c2ccc(-c3ccc(-n4c5ccccc5c5ccc6c7ccccc7n(-c7nc(-c8ccc(-c9ccccc9)cc8)nc(-c8ccc(-c9ccccc9)cc8)n7)c6c54)cc3)cc2C1(C)C. The van der Waals surface area contributed by atoms with Crippen LogP contribution in [0.2, 0.25) is 0 Å². The van der Waals surface area contributed by atoms with E-state index >= 15 is 0 Å². The molecule has 0 radical (unpaired) electrons. The molecule has 5 heteroatoms. The second-order valence-corrected chi connectivity index (χ2v) is 20.8. The molecule has 0 bridgehead atoms. The topological polar surface area (TPSA) is 48.5 Å². The summed E-state index contributed by atoms with van der Waals surface area (Å²) in [5.74, 6) is 2.35. The molecule has 9 aromatic carbocycles. The van der Waals surface area contributed by atoms with Gasteiger partial charge in [0.05, 0.1) is 22.1 Å². The first-order valence-electron chi connectivity index (χ1n) is 24.9. The number of nitrogens with zero attached hydrogens (tertiary/aromatic N) is 5. The number of benzene rings is 9. The Morgan fingerprint density at radius 1 is 0.380 bits per heavy atom. The lowest BCUT2D eigenvalue weighted by molar-refractivity contribution is 0.233. The molecule has 12 aromatic rings. The van der Waals surface area contributed by atoms with Crippen molar-refractivity contribution in [2.45, 2.75) is 51.9 Å². The lowest BCUT2D eigenvalue weighted by atomic mass is 9.58. The van der Waals surface area contributed by atoms with Crippen molar-refractivity contribution in [3.63, 3.8) is 0 Å². The maximum atomic E-state index is 5.43. The highest BCUT2D eigenvalue weighted by atomic mass is 15.2. The minimum Gasteiger partial charge on any atom is -0.307 e. The molecule has 5 nitrogen and oxygen atoms in total. The van der Waals surface area contributed by atoms with E-state index in [9.17, 15) is 0 Å². The summed E-state index contributed by atoms with van der Waals surface area (Å²) < 4.78 is 4.72. The number of aromatic nitrogens is 5. The minimum atomic E-state index is 0.0909. The summed E-state index contributed by atoms with van der Waals surface area (Å²) in [6, 6.07) is 76.5. The molecule has 3 aromatic heterocycles. The Morgan fingerprint density at radius 3 is 1.35 bits per heavy atom. The van der Waals surface area contributed by atoms with E-state index in [1.807, 2.05) is 12.1 Å². The molecule has 1 atom stereocenters. The quantitative estimate of drug-likeness (QED) is 0.160. The number of fused-ring (bicyclic) bond motifs is 8. The zero-order valence-corrected chi connectivity index (χ0v) is 40.7. The van der Waals surface area contributed by atoms with E-state index in [1.54, 1.807) is 0 Å². The van der Waals surface area contributed by atoms with Gasteiger partial charge in [0.1, 0.15) is 0 Å². The van der Waals surface area contributed by atoms with Crippen molar-refractivity contribution in [3.05, 3.63) is 223 Å². The smallest absolute Gasteiger partial charge is 0.238 e. The van der Waals surface area contributed by atoms with Crippen molar-refractivity contribution in [3.8, 4) is 67.8 Å². The molecule has 0 saturated carbocycles. The Balaban J connectivity index is 1.02. The third-order valence-corrected chi connectivity index (χ3v) is 15.7. The first-order valence-corrected chi connectivity index (χ1v) is 24.9. The van der Waals surface area contributed by atoms with Gasteiger partial charge in [-0.05, 0) is 91.9 Å². The van der Waals surface area contributed by atoms with Gasteiger partial charge in [-0.2, -0.15) is 9.97 Å². The third kappa shape index (κ3) is 7.01. The van der Waals surface area contributed by atoms with Crippen molar-refractivity contribution in [1.29, 1.82) is 0 Å². The van der Waals surface area contributed by atoms with E-state index in [-0.39, 0.29) is 10.8 Å². The van der Waals surface area contributed by atoms with Crippen molar-refractivity contribution in [1.82, 2.24) is 24.1 Å². The van der Waals surface area contributed by atoms with Gasteiger partial charge in [-0.3, -0.25) is 4.57 Å². The van der Waals surface area contributed by atoms with Crippen molar-refractivity contribution in [2.24, 2.45) is 5.92 Å². The van der Waals surface area contributed by atoms with Crippen LogP contribution >= 0.6 is 0 Å². The zero-order chi connectivity index (χ0) is 48.0. The normalized spacial score (nSPS) is 15.1. The van der Waals surface area contributed by atoms with Gasteiger partial charge in [0, 0.05) is 38.4 Å². The predicted molar refractivity (Wildman–Crippen MR) is 296 cm³/mol. The highest BCUT2D eigenvalue weighted by Gasteiger charge is 2.42. The molecule has 1 aliphatic rings. The first kappa shape index (κ1) is 42.7. The van der Waals surface area contributed by atoms with Crippen LogP contribution in [0.15, 0.2) is 212 Å². The fraction of sp³-hybridized carbons (Fsp3) is 0.136. The van der Waals surface area contributed by atoms with Crippen molar-refractivity contribution >= 4 is 43.6 Å². The maximum absolute atomic E-state index is 5.43. The highest BCUT2D eigenvalue weighted by molar-refractivity contribution is 6.23. The largest absolute Gasteiger partial charge is 0.307 e. The van der Waals surface area contributed by atoms with E-state index in [2.05, 4.69) is 244 Å². The molecule has 0 N–H and O–H groups in total. The number of rotatable bonds is 7. The fourth-order valence-corrected chi connectivity index (χ4v) is 11.6. The van der Waals surface area contributed by atoms with Gasteiger partial charge in [-0.25, -0.2) is 4.98 Å². The summed E-state index contributed by atoms with van der Waals surface area (Å²) in [6.45, 7) is 12.1. The fourth-order valence-electron chi connectivity index (χ4n) is 11.6. The molecule has 0 saturated heterocycles. The van der Waals surface area contributed by atoms with Gasteiger partial charge in [-0.15, -0.1) is 0 Å². The number of para-hydroxylation sites is 2. The van der Waals surface area contributed by atoms with Crippen LogP contribution in [0, 0.1) is 5.92 Å². The molecule has 0 amide bonds. The summed E-state index contributed by atoms with van der Waals surface area (Å²) in [4.78, 5) is 16.1. The maximum Gasteiger partial charge on any atom is 0.238 e. The summed E-state index contributed by atoms with van der Waals surface area (Å²) in [5, 5.41) is 4.61. The average Bonchev–Trinajstić information content (AvgIpc) is 3.94. The summed E-state index contributed by atoms with van der Waals surface area (Å²) in [6.07, 6.45) is 1.19. The van der Waals surface area contributed by atoms with Crippen molar-refractivity contribution < 1.29 is 0 Å². The average molecular weight is 916 g/mol. The molecule has 0 aliphatic heterocycles. The molecular weight excluding hydrogens is 863 g/mol. The Labute approximate surface area is 414 Å². The van der Waals surface area contributed by atoms with Gasteiger partial charge in [0.15, 0.2) is 11.6 Å². The first-order chi connectivity index (χ1) is 34.6. The van der Waals surface area contributed by atoms with Crippen molar-refractivity contribution in [2.75, 3.05) is 0 Å². The molecule has 71 heavy (non-hydrogen) atoms. The molecule has 342 valence electrons. The van der Waals surface area contributed by atoms with Crippen LogP contribution in [0.1, 0.15) is 52.2 Å². The molecular formula is C66H53N5. The molecule has 13 rings (SSSR count). The van der Waals surface area contributed by atoms with Gasteiger partial charge in [-0.1, -0.05) is 223 Å². The molecule has 0 fully saturated rings. The monoisotopic (exact) mass is 915 g/mol. The van der Waals surface area contributed by atoms with E-state index < -0.39 is 0 Å². The van der Waals surface area contributed by atoms with E-state index in [1.165, 1.54) is 34.1 Å². The molecule has 0 spiro atoms. The predicted octanol–water partition coefficient (Wildman–Crippen LogP) is 17.0. The summed E-state index contributed by atoms with van der Waals surface area (Å²) in [7, 11) is 0. The summed E-state index contributed by atoms with van der Waals surface area (Å²) in [5.41, 5.74) is 17.5.